The minimum absolute atomic E-state index is 1.07. The number of benzene rings is 9. The van der Waals surface area contributed by atoms with Crippen molar-refractivity contribution in [3.8, 4) is 55.6 Å². The second-order valence-corrected chi connectivity index (χ2v) is 14.2. The van der Waals surface area contributed by atoms with Gasteiger partial charge in [0.15, 0.2) is 0 Å². The average molecular weight is 715 g/mol. The van der Waals surface area contributed by atoms with Crippen molar-refractivity contribution in [1.82, 2.24) is 0 Å². The van der Waals surface area contributed by atoms with Crippen molar-refractivity contribution < 1.29 is 0 Å². The second kappa shape index (κ2) is 14.4. The van der Waals surface area contributed by atoms with Gasteiger partial charge in [0.1, 0.15) is 0 Å². The Morgan fingerprint density at radius 3 is 1.07 bits per heavy atom. The van der Waals surface area contributed by atoms with Crippen molar-refractivity contribution in [3.63, 3.8) is 0 Å². The number of hydrogen-bond acceptors (Lipinski definition) is 2. The zero-order chi connectivity index (χ0) is 37.3. The lowest BCUT2D eigenvalue weighted by Crippen LogP contribution is -2.13. The van der Waals surface area contributed by atoms with Crippen LogP contribution in [-0.4, -0.2) is 0 Å². The number of nitrogens with zero attached hydrogens (tertiary/aromatic N) is 2. The molecule has 2 heteroatoms. The van der Waals surface area contributed by atoms with E-state index in [2.05, 4.69) is 240 Å². The van der Waals surface area contributed by atoms with E-state index >= 15 is 0 Å². The Kier molecular flexibility index (Phi) is 8.55. The Bertz CT molecular complexity index is 2650. The van der Waals surface area contributed by atoms with Gasteiger partial charge >= 0.3 is 0 Å². The second-order valence-electron chi connectivity index (χ2n) is 14.2. The first-order valence-electron chi connectivity index (χ1n) is 19.2. The summed E-state index contributed by atoms with van der Waals surface area (Å²) in [7, 11) is 0. The van der Waals surface area contributed by atoms with Crippen LogP contribution in [0.25, 0.3) is 55.6 Å². The Labute approximate surface area is 328 Å². The van der Waals surface area contributed by atoms with Gasteiger partial charge in [-0.25, -0.2) is 0 Å². The van der Waals surface area contributed by atoms with Crippen molar-refractivity contribution in [2.75, 3.05) is 9.80 Å². The van der Waals surface area contributed by atoms with Gasteiger partial charge in [0.05, 0.1) is 11.4 Å². The van der Waals surface area contributed by atoms with Gasteiger partial charge in [-0.15, -0.1) is 0 Å². The maximum Gasteiger partial charge on any atom is 0.0540 e. The highest BCUT2D eigenvalue weighted by Gasteiger charge is 2.26. The van der Waals surface area contributed by atoms with Crippen molar-refractivity contribution in [1.29, 1.82) is 0 Å². The van der Waals surface area contributed by atoms with E-state index in [9.17, 15) is 0 Å². The van der Waals surface area contributed by atoms with Crippen LogP contribution in [0.4, 0.5) is 34.1 Å². The smallest absolute Gasteiger partial charge is 0.0540 e. The van der Waals surface area contributed by atoms with Crippen molar-refractivity contribution in [3.05, 3.63) is 231 Å². The maximum atomic E-state index is 2.41. The van der Waals surface area contributed by atoms with E-state index in [4.69, 9.17) is 0 Å². The summed E-state index contributed by atoms with van der Waals surface area (Å²) in [6.45, 7) is 0. The van der Waals surface area contributed by atoms with Gasteiger partial charge in [-0.2, -0.15) is 0 Å². The molecule has 0 aliphatic carbocycles. The number of anilines is 6. The van der Waals surface area contributed by atoms with Crippen LogP contribution in [0.15, 0.2) is 231 Å². The molecule has 10 rings (SSSR count). The van der Waals surface area contributed by atoms with E-state index in [0.717, 1.165) is 34.1 Å². The third kappa shape index (κ3) is 6.14. The lowest BCUT2D eigenvalue weighted by molar-refractivity contribution is 1.26. The third-order valence-electron chi connectivity index (χ3n) is 10.8. The van der Waals surface area contributed by atoms with Crippen LogP contribution in [-0.2, 0) is 0 Å². The van der Waals surface area contributed by atoms with Crippen molar-refractivity contribution >= 4 is 34.1 Å². The lowest BCUT2D eigenvalue weighted by atomic mass is 9.95. The molecule has 56 heavy (non-hydrogen) atoms. The fourth-order valence-corrected chi connectivity index (χ4v) is 8.12. The zero-order valence-corrected chi connectivity index (χ0v) is 30.8. The van der Waals surface area contributed by atoms with Gasteiger partial charge in [-0.1, -0.05) is 164 Å². The first-order chi connectivity index (χ1) is 27.8. The molecule has 0 fully saturated rings. The Balaban J connectivity index is 1.14. The minimum atomic E-state index is 1.07. The predicted molar refractivity (Wildman–Crippen MR) is 237 cm³/mol. The Hall–Kier alpha value is -7.42. The molecule has 0 amide bonds. The van der Waals surface area contributed by atoms with Crippen LogP contribution >= 0.6 is 0 Å². The van der Waals surface area contributed by atoms with Gasteiger partial charge in [0.25, 0.3) is 0 Å². The molecule has 0 atom stereocenters. The SMILES string of the molecule is c1ccc(-c2ccc(N(c3ccc(N4c5ccccc5-c5ccccc5-c5ccccc54)cc3)c3cc(-c4ccccc4)cc(-c4ccccc4)c3)cc2)cc1. The van der Waals surface area contributed by atoms with E-state index in [1.807, 2.05) is 0 Å². The van der Waals surface area contributed by atoms with E-state index in [0.29, 0.717) is 0 Å². The van der Waals surface area contributed by atoms with Crippen LogP contribution < -0.4 is 9.80 Å². The van der Waals surface area contributed by atoms with E-state index < -0.39 is 0 Å². The lowest BCUT2D eigenvalue weighted by Gasteiger charge is -2.30. The molecule has 2 nitrogen and oxygen atoms in total. The summed E-state index contributed by atoms with van der Waals surface area (Å²) in [5.41, 5.74) is 18.7. The molecule has 0 unspecified atom stereocenters. The Morgan fingerprint density at radius 1 is 0.250 bits per heavy atom. The first-order valence-corrected chi connectivity index (χ1v) is 19.2. The van der Waals surface area contributed by atoms with Crippen LogP contribution in [0, 0.1) is 0 Å². The summed E-state index contributed by atoms with van der Waals surface area (Å²) >= 11 is 0. The summed E-state index contributed by atoms with van der Waals surface area (Å²) in [5.74, 6) is 0. The number of para-hydroxylation sites is 2. The molecule has 1 heterocycles. The monoisotopic (exact) mass is 714 g/mol. The van der Waals surface area contributed by atoms with Crippen molar-refractivity contribution in [2.45, 2.75) is 0 Å². The molecule has 0 spiro atoms. The van der Waals surface area contributed by atoms with Gasteiger partial charge in [-0.3, -0.25) is 0 Å². The fraction of sp³-hybridized carbons (Fsp3) is 0. The third-order valence-corrected chi connectivity index (χ3v) is 10.8. The summed E-state index contributed by atoms with van der Waals surface area (Å²) in [6.07, 6.45) is 0. The van der Waals surface area contributed by atoms with E-state index in [1.165, 1.54) is 55.6 Å². The summed E-state index contributed by atoms with van der Waals surface area (Å²) in [4.78, 5) is 4.80. The summed E-state index contributed by atoms with van der Waals surface area (Å²) < 4.78 is 0. The fourth-order valence-electron chi connectivity index (χ4n) is 8.12. The molecule has 0 aromatic heterocycles. The highest BCUT2D eigenvalue weighted by molar-refractivity contribution is 6.02. The Morgan fingerprint density at radius 2 is 0.607 bits per heavy atom. The number of hydrogen-bond donors (Lipinski definition) is 0. The molecule has 1 aliphatic rings. The number of fused-ring (bicyclic) bond motifs is 5. The molecule has 0 N–H and O–H groups in total. The molecule has 1 aliphatic heterocycles. The molecule has 0 radical (unpaired) electrons. The van der Waals surface area contributed by atoms with Crippen molar-refractivity contribution in [2.24, 2.45) is 0 Å². The minimum Gasteiger partial charge on any atom is -0.310 e. The summed E-state index contributed by atoms with van der Waals surface area (Å²) in [6, 6.07) is 83.2. The van der Waals surface area contributed by atoms with Gasteiger partial charge in [-0.05, 0) is 111 Å². The largest absolute Gasteiger partial charge is 0.310 e. The predicted octanol–water partition coefficient (Wildman–Crippen LogP) is 15.3. The standard InChI is InChI=1S/C54H38N2/c1-4-16-39(17-5-1)42-28-30-45(31-29-42)55(48-37-43(40-18-6-2-7-19-40)36-44(38-48)41-20-8-3-9-21-41)46-32-34-47(35-33-46)56-53-26-14-12-24-51(53)49-22-10-11-23-50(49)52-25-13-15-27-54(52)56/h1-38H. The quantitative estimate of drug-likeness (QED) is 0.162. The molecule has 264 valence electrons. The highest BCUT2D eigenvalue weighted by Crippen LogP contribution is 2.51. The maximum absolute atomic E-state index is 2.41. The van der Waals surface area contributed by atoms with Gasteiger partial charge in [0.2, 0.25) is 0 Å². The van der Waals surface area contributed by atoms with E-state index in [1.54, 1.807) is 0 Å². The molecule has 0 saturated heterocycles. The topological polar surface area (TPSA) is 6.48 Å². The van der Waals surface area contributed by atoms with Crippen LogP contribution in [0.2, 0.25) is 0 Å². The normalized spacial score (nSPS) is 11.5. The molecule has 9 aromatic carbocycles. The number of rotatable bonds is 7. The summed E-state index contributed by atoms with van der Waals surface area (Å²) in [5, 5.41) is 0. The molecular formula is C54H38N2. The average Bonchev–Trinajstić information content (AvgIpc) is 3.41. The van der Waals surface area contributed by atoms with Crippen LogP contribution in [0.1, 0.15) is 0 Å². The van der Waals surface area contributed by atoms with Crippen LogP contribution in [0.3, 0.4) is 0 Å². The van der Waals surface area contributed by atoms with Crippen LogP contribution in [0.5, 0.6) is 0 Å². The molecule has 0 saturated carbocycles. The van der Waals surface area contributed by atoms with Gasteiger partial charge in [0, 0.05) is 33.9 Å². The van der Waals surface area contributed by atoms with E-state index in [-0.39, 0.29) is 0 Å². The molecule has 9 aromatic rings. The zero-order valence-electron chi connectivity index (χ0n) is 30.8. The highest BCUT2D eigenvalue weighted by atomic mass is 15.2. The molecular weight excluding hydrogens is 677 g/mol. The van der Waals surface area contributed by atoms with Gasteiger partial charge < -0.3 is 9.80 Å². The molecule has 0 bridgehead atoms. The first kappa shape index (κ1) is 33.2.